The lowest BCUT2D eigenvalue weighted by Gasteiger charge is -2.27. The SMILES string of the molecule is OC(c1cccc2cccnc12)C1CSCCO1. The third-order valence-corrected chi connectivity index (χ3v) is 4.20. The van der Waals surface area contributed by atoms with Crippen LogP contribution in [0.1, 0.15) is 11.7 Å². The average molecular weight is 261 g/mol. The van der Waals surface area contributed by atoms with Gasteiger partial charge >= 0.3 is 0 Å². The normalized spacial score (nSPS) is 21.9. The van der Waals surface area contributed by atoms with Gasteiger partial charge in [0.05, 0.1) is 18.2 Å². The minimum Gasteiger partial charge on any atom is -0.386 e. The topological polar surface area (TPSA) is 42.4 Å². The van der Waals surface area contributed by atoms with Crippen molar-refractivity contribution in [1.82, 2.24) is 4.98 Å². The minimum absolute atomic E-state index is 0.128. The van der Waals surface area contributed by atoms with Gasteiger partial charge < -0.3 is 9.84 Å². The number of benzene rings is 1. The van der Waals surface area contributed by atoms with E-state index in [1.807, 2.05) is 42.1 Å². The molecule has 1 N–H and O–H groups in total. The number of rotatable bonds is 2. The van der Waals surface area contributed by atoms with Crippen LogP contribution in [0.15, 0.2) is 36.5 Å². The zero-order valence-electron chi connectivity index (χ0n) is 9.95. The van der Waals surface area contributed by atoms with E-state index in [9.17, 15) is 5.11 Å². The van der Waals surface area contributed by atoms with Crippen molar-refractivity contribution < 1.29 is 9.84 Å². The molecule has 0 radical (unpaired) electrons. The Hall–Kier alpha value is -1.10. The maximum Gasteiger partial charge on any atom is 0.108 e. The molecule has 1 aliphatic heterocycles. The van der Waals surface area contributed by atoms with Crippen LogP contribution in [-0.2, 0) is 4.74 Å². The third kappa shape index (κ3) is 2.23. The standard InChI is InChI=1S/C14H15NO2S/c16-14(12-9-18-8-7-17-12)11-5-1-3-10-4-2-6-15-13(10)11/h1-6,12,14,16H,7-9H2. The molecule has 3 rings (SSSR count). The fraction of sp³-hybridized carbons (Fsp3) is 0.357. The molecule has 1 fully saturated rings. The van der Waals surface area contributed by atoms with Gasteiger partial charge in [-0.15, -0.1) is 0 Å². The van der Waals surface area contributed by atoms with Crippen LogP contribution < -0.4 is 0 Å². The maximum absolute atomic E-state index is 10.5. The summed E-state index contributed by atoms with van der Waals surface area (Å²) >= 11 is 1.83. The molecule has 1 saturated heterocycles. The number of ether oxygens (including phenoxy) is 1. The van der Waals surface area contributed by atoms with Crippen LogP contribution >= 0.6 is 11.8 Å². The van der Waals surface area contributed by atoms with Crippen LogP contribution in [0.25, 0.3) is 10.9 Å². The van der Waals surface area contributed by atoms with Gasteiger partial charge in [-0.05, 0) is 6.07 Å². The lowest BCUT2D eigenvalue weighted by atomic mass is 10.0. The molecule has 0 amide bonds. The Balaban J connectivity index is 1.97. The fourth-order valence-corrected chi connectivity index (χ4v) is 3.15. The minimum atomic E-state index is -0.601. The molecule has 0 bridgehead atoms. The highest BCUT2D eigenvalue weighted by Gasteiger charge is 2.25. The van der Waals surface area contributed by atoms with E-state index >= 15 is 0 Å². The number of nitrogens with zero attached hydrogens (tertiary/aromatic N) is 1. The van der Waals surface area contributed by atoms with Crippen LogP contribution in [-0.4, -0.2) is 34.3 Å². The quantitative estimate of drug-likeness (QED) is 0.901. The summed E-state index contributed by atoms with van der Waals surface area (Å²) < 4.78 is 5.64. The lowest BCUT2D eigenvalue weighted by molar-refractivity contribution is -0.0221. The summed E-state index contributed by atoms with van der Waals surface area (Å²) in [5.41, 5.74) is 1.73. The molecular weight excluding hydrogens is 246 g/mol. The van der Waals surface area contributed by atoms with Crippen LogP contribution in [0.4, 0.5) is 0 Å². The summed E-state index contributed by atoms with van der Waals surface area (Å²) in [4.78, 5) is 4.37. The molecular formula is C14H15NO2S. The molecule has 2 unspecified atom stereocenters. The van der Waals surface area contributed by atoms with Crippen LogP contribution in [0.2, 0.25) is 0 Å². The van der Waals surface area contributed by atoms with E-state index in [1.165, 1.54) is 0 Å². The van der Waals surface area contributed by atoms with E-state index in [4.69, 9.17) is 4.74 Å². The molecule has 4 heteroatoms. The summed E-state index contributed by atoms with van der Waals surface area (Å²) in [5, 5.41) is 11.5. The van der Waals surface area contributed by atoms with Crippen molar-refractivity contribution in [2.75, 3.05) is 18.1 Å². The van der Waals surface area contributed by atoms with Crippen LogP contribution in [0.3, 0.4) is 0 Å². The number of thioether (sulfide) groups is 1. The molecule has 0 saturated carbocycles. The van der Waals surface area contributed by atoms with Crippen LogP contribution in [0.5, 0.6) is 0 Å². The molecule has 1 aliphatic rings. The molecule has 1 aromatic heterocycles. The predicted molar refractivity (Wildman–Crippen MR) is 73.8 cm³/mol. The van der Waals surface area contributed by atoms with E-state index in [0.29, 0.717) is 6.61 Å². The highest BCUT2D eigenvalue weighted by Crippen LogP contribution is 2.29. The first kappa shape index (κ1) is 12.0. The first-order chi connectivity index (χ1) is 8.86. The van der Waals surface area contributed by atoms with Gasteiger partial charge in [-0.2, -0.15) is 11.8 Å². The zero-order valence-corrected chi connectivity index (χ0v) is 10.8. The largest absolute Gasteiger partial charge is 0.386 e. The van der Waals surface area contributed by atoms with Crippen molar-refractivity contribution in [3.8, 4) is 0 Å². The van der Waals surface area contributed by atoms with Gasteiger partial charge in [-0.3, -0.25) is 4.98 Å². The number of aliphatic hydroxyl groups excluding tert-OH is 1. The number of pyridine rings is 1. The van der Waals surface area contributed by atoms with Gasteiger partial charge in [0.1, 0.15) is 6.10 Å². The summed E-state index contributed by atoms with van der Waals surface area (Å²) in [7, 11) is 0. The predicted octanol–water partition coefficient (Wildman–Crippen LogP) is 2.40. The van der Waals surface area contributed by atoms with Crippen molar-refractivity contribution >= 4 is 22.7 Å². The number of hydrogen-bond acceptors (Lipinski definition) is 4. The Morgan fingerprint density at radius 3 is 3.06 bits per heavy atom. The van der Waals surface area contributed by atoms with E-state index in [1.54, 1.807) is 6.20 Å². The van der Waals surface area contributed by atoms with Crippen molar-refractivity contribution in [3.63, 3.8) is 0 Å². The van der Waals surface area contributed by atoms with E-state index < -0.39 is 6.10 Å². The number of aromatic nitrogens is 1. The molecule has 2 atom stereocenters. The number of hydrogen-bond donors (Lipinski definition) is 1. The summed E-state index contributed by atoms with van der Waals surface area (Å²) in [6, 6.07) is 9.82. The summed E-state index contributed by atoms with van der Waals surface area (Å²) in [6.45, 7) is 0.713. The summed E-state index contributed by atoms with van der Waals surface area (Å²) in [6.07, 6.45) is 1.03. The highest BCUT2D eigenvalue weighted by molar-refractivity contribution is 7.99. The van der Waals surface area contributed by atoms with Gasteiger partial charge in [0.2, 0.25) is 0 Å². The Morgan fingerprint density at radius 2 is 2.22 bits per heavy atom. The second kappa shape index (κ2) is 5.26. The molecule has 3 nitrogen and oxygen atoms in total. The van der Waals surface area contributed by atoms with Gasteiger partial charge in [-0.1, -0.05) is 24.3 Å². The Morgan fingerprint density at radius 1 is 1.33 bits per heavy atom. The molecule has 94 valence electrons. The molecule has 2 heterocycles. The first-order valence-electron chi connectivity index (χ1n) is 6.07. The fourth-order valence-electron chi connectivity index (χ4n) is 2.26. The summed E-state index contributed by atoms with van der Waals surface area (Å²) in [5.74, 6) is 1.85. The van der Waals surface area contributed by atoms with Crippen molar-refractivity contribution in [1.29, 1.82) is 0 Å². The van der Waals surface area contributed by atoms with Gasteiger partial charge in [0.25, 0.3) is 0 Å². The number of aliphatic hydroxyl groups is 1. The Bertz CT molecular complexity index is 535. The average Bonchev–Trinajstić information content (AvgIpc) is 2.47. The number of para-hydroxylation sites is 1. The van der Waals surface area contributed by atoms with Crippen molar-refractivity contribution in [2.45, 2.75) is 12.2 Å². The van der Waals surface area contributed by atoms with E-state index in [-0.39, 0.29) is 6.10 Å². The molecule has 0 aliphatic carbocycles. The molecule has 0 spiro atoms. The van der Waals surface area contributed by atoms with Crippen molar-refractivity contribution in [3.05, 3.63) is 42.1 Å². The van der Waals surface area contributed by atoms with E-state index in [0.717, 1.165) is 28.0 Å². The van der Waals surface area contributed by atoms with Gasteiger partial charge in [0, 0.05) is 28.7 Å². The second-order valence-electron chi connectivity index (χ2n) is 4.35. The molecule has 2 aromatic rings. The lowest BCUT2D eigenvalue weighted by Crippen LogP contribution is -2.29. The Kier molecular flexibility index (Phi) is 3.50. The Labute approximate surface area is 110 Å². The monoisotopic (exact) mass is 261 g/mol. The second-order valence-corrected chi connectivity index (χ2v) is 5.50. The third-order valence-electron chi connectivity index (χ3n) is 3.18. The van der Waals surface area contributed by atoms with E-state index in [2.05, 4.69) is 4.98 Å². The molecule has 1 aromatic carbocycles. The highest BCUT2D eigenvalue weighted by atomic mass is 32.2. The zero-order chi connectivity index (χ0) is 12.4. The van der Waals surface area contributed by atoms with Gasteiger partial charge in [0.15, 0.2) is 0 Å². The van der Waals surface area contributed by atoms with Crippen LogP contribution in [0, 0.1) is 0 Å². The smallest absolute Gasteiger partial charge is 0.108 e. The van der Waals surface area contributed by atoms with Crippen molar-refractivity contribution in [2.24, 2.45) is 0 Å². The molecule has 18 heavy (non-hydrogen) atoms. The van der Waals surface area contributed by atoms with Gasteiger partial charge in [-0.25, -0.2) is 0 Å². The first-order valence-corrected chi connectivity index (χ1v) is 7.23. The maximum atomic E-state index is 10.5. The number of fused-ring (bicyclic) bond motifs is 1.